The number of hydrogen-bond acceptors (Lipinski definition) is 4. The maximum absolute atomic E-state index is 13.4. The fourth-order valence-corrected chi connectivity index (χ4v) is 2.67. The van der Waals surface area contributed by atoms with Crippen LogP contribution < -0.4 is 11.1 Å². The van der Waals surface area contributed by atoms with E-state index in [1.807, 2.05) is 6.08 Å². The van der Waals surface area contributed by atoms with Gasteiger partial charge in [0.25, 0.3) is 0 Å². The highest BCUT2D eigenvalue weighted by atomic mass is 19.1. The van der Waals surface area contributed by atoms with Gasteiger partial charge >= 0.3 is 0 Å². The normalized spacial score (nSPS) is 17.9. The van der Waals surface area contributed by atoms with Crippen LogP contribution in [0.2, 0.25) is 0 Å². The molecule has 1 saturated heterocycles. The van der Waals surface area contributed by atoms with Crippen LogP contribution in [0.15, 0.2) is 24.8 Å². The van der Waals surface area contributed by atoms with Crippen LogP contribution in [0.1, 0.15) is 24.4 Å². The smallest absolute Gasteiger partial charge is 0.149 e. The molecule has 0 spiro atoms. The number of aromatic hydroxyl groups is 1. The van der Waals surface area contributed by atoms with E-state index >= 15 is 0 Å². The van der Waals surface area contributed by atoms with Crippen molar-refractivity contribution < 1.29 is 9.50 Å². The summed E-state index contributed by atoms with van der Waals surface area (Å²) < 4.78 is 13.4. The highest BCUT2D eigenvalue weighted by Gasteiger charge is 2.25. The second-order valence-corrected chi connectivity index (χ2v) is 5.07. The molecule has 0 amide bonds. The summed E-state index contributed by atoms with van der Waals surface area (Å²) >= 11 is 0. The minimum atomic E-state index is -0.575. The van der Waals surface area contributed by atoms with E-state index in [-0.39, 0.29) is 17.5 Å². The zero-order chi connectivity index (χ0) is 14.5. The molecule has 110 valence electrons. The highest BCUT2D eigenvalue weighted by molar-refractivity contribution is 5.57. The Morgan fingerprint density at radius 1 is 1.45 bits per heavy atom. The fourth-order valence-electron chi connectivity index (χ4n) is 2.67. The van der Waals surface area contributed by atoms with E-state index in [1.165, 1.54) is 6.07 Å². The molecule has 1 aliphatic heterocycles. The Labute approximate surface area is 119 Å². The first kappa shape index (κ1) is 14.8. The van der Waals surface area contributed by atoms with E-state index in [4.69, 9.17) is 5.73 Å². The summed E-state index contributed by atoms with van der Waals surface area (Å²) in [7, 11) is 0. The van der Waals surface area contributed by atoms with Gasteiger partial charge in [-0.05, 0) is 18.9 Å². The number of nitrogens with one attached hydrogen (secondary N) is 1. The van der Waals surface area contributed by atoms with Gasteiger partial charge in [0.05, 0.1) is 0 Å². The SMILES string of the molecule is C=CCC[C@H](c1ccc(F)c(N)c1O)N1CCNCC1. The van der Waals surface area contributed by atoms with Crippen LogP contribution in [0.4, 0.5) is 10.1 Å². The molecule has 0 aliphatic carbocycles. The monoisotopic (exact) mass is 279 g/mol. The van der Waals surface area contributed by atoms with Gasteiger partial charge in [-0.1, -0.05) is 12.1 Å². The van der Waals surface area contributed by atoms with Crippen LogP contribution in [0.5, 0.6) is 5.75 Å². The molecule has 1 fully saturated rings. The van der Waals surface area contributed by atoms with Crippen molar-refractivity contribution >= 4 is 5.69 Å². The number of benzene rings is 1. The number of rotatable bonds is 5. The maximum atomic E-state index is 13.4. The third-order valence-electron chi connectivity index (χ3n) is 3.79. The summed E-state index contributed by atoms with van der Waals surface area (Å²) in [6.45, 7) is 7.39. The summed E-state index contributed by atoms with van der Waals surface area (Å²) in [6.07, 6.45) is 3.53. The van der Waals surface area contributed by atoms with Gasteiger partial charge in [-0.2, -0.15) is 0 Å². The van der Waals surface area contributed by atoms with Gasteiger partial charge in [0.15, 0.2) is 0 Å². The van der Waals surface area contributed by atoms with Crippen LogP contribution in [-0.4, -0.2) is 36.2 Å². The summed E-state index contributed by atoms with van der Waals surface area (Å²) in [5, 5.41) is 13.4. The molecule has 1 atom stereocenters. The molecule has 1 aromatic rings. The quantitative estimate of drug-likeness (QED) is 0.438. The molecule has 0 saturated carbocycles. The first-order chi connectivity index (χ1) is 9.65. The Kier molecular flexibility index (Phi) is 4.98. The number of allylic oxidation sites excluding steroid dienone is 1. The lowest BCUT2D eigenvalue weighted by atomic mass is 9.97. The molecule has 0 bridgehead atoms. The van der Waals surface area contributed by atoms with Crippen molar-refractivity contribution in [1.29, 1.82) is 0 Å². The van der Waals surface area contributed by atoms with Gasteiger partial charge in [-0.25, -0.2) is 4.39 Å². The number of nitrogens with zero attached hydrogens (tertiary/aromatic N) is 1. The minimum Gasteiger partial charge on any atom is -0.505 e. The molecule has 0 aromatic heterocycles. The Bertz CT molecular complexity index is 472. The molecule has 0 radical (unpaired) electrons. The van der Waals surface area contributed by atoms with Crippen LogP contribution in [-0.2, 0) is 0 Å². The van der Waals surface area contributed by atoms with E-state index in [1.54, 1.807) is 6.07 Å². The van der Waals surface area contributed by atoms with Crippen LogP contribution in [0, 0.1) is 5.82 Å². The van der Waals surface area contributed by atoms with Crippen molar-refractivity contribution in [3.05, 3.63) is 36.2 Å². The van der Waals surface area contributed by atoms with Gasteiger partial charge in [0, 0.05) is 37.8 Å². The lowest BCUT2D eigenvalue weighted by Crippen LogP contribution is -2.45. The number of nitrogens with two attached hydrogens (primary N) is 1. The third-order valence-corrected chi connectivity index (χ3v) is 3.79. The van der Waals surface area contributed by atoms with Crippen molar-refractivity contribution in [2.45, 2.75) is 18.9 Å². The molecule has 2 rings (SSSR count). The summed E-state index contributed by atoms with van der Waals surface area (Å²) in [5.41, 5.74) is 6.14. The van der Waals surface area contributed by atoms with E-state index in [0.717, 1.165) is 39.0 Å². The summed E-state index contributed by atoms with van der Waals surface area (Å²) in [6, 6.07) is 3.00. The van der Waals surface area contributed by atoms with Gasteiger partial charge in [-0.15, -0.1) is 6.58 Å². The Morgan fingerprint density at radius 3 is 2.80 bits per heavy atom. The Morgan fingerprint density at radius 2 is 2.15 bits per heavy atom. The van der Waals surface area contributed by atoms with E-state index in [0.29, 0.717) is 5.56 Å². The predicted molar refractivity (Wildman–Crippen MR) is 79.1 cm³/mol. The van der Waals surface area contributed by atoms with E-state index in [9.17, 15) is 9.50 Å². The van der Waals surface area contributed by atoms with Crippen molar-refractivity contribution in [3.63, 3.8) is 0 Å². The number of halogens is 1. The first-order valence-corrected chi connectivity index (χ1v) is 6.97. The summed E-state index contributed by atoms with van der Waals surface area (Å²) in [5.74, 6) is -0.702. The fraction of sp³-hybridized carbons (Fsp3) is 0.467. The number of anilines is 1. The largest absolute Gasteiger partial charge is 0.505 e. The average molecular weight is 279 g/mol. The Hall–Kier alpha value is -1.59. The van der Waals surface area contributed by atoms with E-state index in [2.05, 4.69) is 16.8 Å². The zero-order valence-corrected chi connectivity index (χ0v) is 11.6. The number of phenols is 1. The standard InChI is InChI=1S/C15H22FN3O/c1-2-3-4-13(19-9-7-18-8-10-19)11-5-6-12(16)14(17)15(11)20/h2,5-6,13,18,20H,1,3-4,7-10,17H2/t13-/m1/s1. The number of nitrogen functional groups attached to an aromatic ring is 1. The first-order valence-electron chi connectivity index (χ1n) is 6.97. The molecule has 1 aliphatic rings. The zero-order valence-electron chi connectivity index (χ0n) is 11.6. The third kappa shape index (κ3) is 3.11. The molecular weight excluding hydrogens is 257 g/mol. The maximum Gasteiger partial charge on any atom is 0.149 e. The molecule has 4 nitrogen and oxygen atoms in total. The second-order valence-electron chi connectivity index (χ2n) is 5.07. The van der Waals surface area contributed by atoms with Crippen molar-refractivity contribution in [3.8, 4) is 5.75 Å². The summed E-state index contributed by atoms with van der Waals surface area (Å²) in [4.78, 5) is 2.30. The van der Waals surface area contributed by atoms with Gasteiger partial charge in [0.1, 0.15) is 17.3 Å². The van der Waals surface area contributed by atoms with Crippen molar-refractivity contribution in [2.75, 3.05) is 31.9 Å². The van der Waals surface area contributed by atoms with Crippen LogP contribution in [0.25, 0.3) is 0 Å². The van der Waals surface area contributed by atoms with E-state index < -0.39 is 5.82 Å². The molecule has 4 N–H and O–H groups in total. The second kappa shape index (κ2) is 6.72. The highest BCUT2D eigenvalue weighted by Crippen LogP contribution is 2.37. The van der Waals surface area contributed by atoms with Gasteiger partial charge < -0.3 is 16.2 Å². The van der Waals surface area contributed by atoms with Gasteiger partial charge in [0.2, 0.25) is 0 Å². The molecule has 1 aromatic carbocycles. The minimum absolute atomic E-state index is 0.0398. The molecule has 20 heavy (non-hydrogen) atoms. The Balaban J connectivity index is 2.29. The lowest BCUT2D eigenvalue weighted by molar-refractivity contribution is 0.163. The molecule has 5 heteroatoms. The van der Waals surface area contributed by atoms with Crippen molar-refractivity contribution in [1.82, 2.24) is 10.2 Å². The van der Waals surface area contributed by atoms with Gasteiger partial charge in [-0.3, -0.25) is 4.90 Å². The van der Waals surface area contributed by atoms with Crippen LogP contribution in [0.3, 0.4) is 0 Å². The number of piperazine rings is 1. The predicted octanol–water partition coefficient (Wildman–Crippen LogP) is 2.03. The van der Waals surface area contributed by atoms with Crippen molar-refractivity contribution in [2.24, 2.45) is 0 Å². The molecule has 0 unspecified atom stereocenters. The average Bonchev–Trinajstić information content (AvgIpc) is 2.48. The number of phenolic OH excluding ortho intramolecular Hbond substituents is 1. The molecule has 1 heterocycles. The molecular formula is C15H22FN3O. The van der Waals surface area contributed by atoms with Crippen LogP contribution >= 0.6 is 0 Å². The topological polar surface area (TPSA) is 61.5 Å². The number of hydrogen-bond donors (Lipinski definition) is 3. The lowest BCUT2D eigenvalue weighted by Gasteiger charge is -2.35.